The van der Waals surface area contributed by atoms with Crippen molar-refractivity contribution in [3.63, 3.8) is 0 Å². The van der Waals surface area contributed by atoms with Crippen LogP contribution < -0.4 is 0 Å². The molecule has 0 aromatic carbocycles. The smallest absolute Gasteiger partial charge is 0.417 e. The minimum absolute atomic E-state index is 0.135. The second kappa shape index (κ2) is 3.34. The predicted molar refractivity (Wildman–Crippen MR) is 54.9 cm³/mol. The predicted octanol–water partition coefficient (Wildman–Crippen LogP) is 1.57. The van der Waals surface area contributed by atoms with Gasteiger partial charge in [0.05, 0.1) is 0 Å². The van der Waals surface area contributed by atoms with Crippen molar-refractivity contribution in [1.82, 2.24) is 9.55 Å². The molecule has 2 rings (SSSR count). The highest BCUT2D eigenvalue weighted by Gasteiger charge is 2.19. The van der Waals surface area contributed by atoms with Gasteiger partial charge in [-0.3, -0.25) is 0 Å². The maximum Gasteiger partial charge on any atom is 0.417 e. The van der Waals surface area contributed by atoms with Crippen LogP contribution in [-0.4, -0.2) is 31.8 Å². The van der Waals surface area contributed by atoms with E-state index in [4.69, 9.17) is 10.2 Å². The molecule has 2 N–H and O–H groups in total. The molecule has 0 aliphatic rings. The van der Waals surface area contributed by atoms with Crippen LogP contribution in [0.15, 0.2) is 18.3 Å². The molecule has 16 heavy (non-hydrogen) atoms. The quantitative estimate of drug-likeness (QED) is 0.760. The van der Waals surface area contributed by atoms with E-state index in [1.807, 2.05) is 0 Å². The average Bonchev–Trinajstić information content (AvgIpc) is 2.55. The number of hydrogen-bond donors (Lipinski definition) is 2. The highest BCUT2D eigenvalue weighted by Crippen LogP contribution is 2.18. The lowest BCUT2D eigenvalue weighted by molar-refractivity contribution is 0.0684. The molecule has 0 radical (unpaired) electrons. The van der Waals surface area contributed by atoms with E-state index in [2.05, 4.69) is 4.98 Å². The molecule has 2 heterocycles. The summed E-state index contributed by atoms with van der Waals surface area (Å²) in [6.45, 7) is 1.80. The van der Waals surface area contributed by atoms with Crippen LogP contribution in [0.4, 0.5) is 4.79 Å². The standard InChI is InChI=1S/C10H8N2O4/c1-5-2-6-3-7(9(13)14)12(10(15)16)8(6)11-4-5/h2-4H,1H3,(H,13,14)(H,15,16). The number of aryl methyl sites for hydroxylation is 1. The van der Waals surface area contributed by atoms with Gasteiger partial charge in [0.1, 0.15) is 11.3 Å². The van der Waals surface area contributed by atoms with Crippen LogP contribution in [0.25, 0.3) is 11.0 Å². The second-order valence-corrected chi connectivity index (χ2v) is 3.38. The summed E-state index contributed by atoms with van der Waals surface area (Å²) < 4.78 is 0.664. The summed E-state index contributed by atoms with van der Waals surface area (Å²) in [5.74, 6) is -1.29. The molecule has 0 saturated heterocycles. The van der Waals surface area contributed by atoms with Crippen molar-refractivity contribution in [1.29, 1.82) is 0 Å². The molecule has 0 amide bonds. The van der Waals surface area contributed by atoms with Crippen LogP contribution in [0, 0.1) is 6.92 Å². The number of hydrogen-bond acceptors (Lipinski definition) is 3. The number of aromatic nitrogens is 2. The highest BCUT2D eigenvalue weighted by atomic mass is 16.4. The Kier molecular flexibility index (Phi) is 2.12. The maximum atomic E-state index is 10.9. The SMILES string of the molecule is Cc1cnc2c(c1)cc(C(=O)O)n2C(=O)O. The molecule has 0 spiro atoms. The lowest BCUT2D eigenvalue weighted by atomic mass is 10.2. The van der Waals surface area contributed by atoms with E-state index < -0.39 is 12.1 Å². The summed E-state index contributed by atoms with van der Waals surface area (Å²) in [7, 11) is 0. The Labute approximate surface area is 89.8 Å². The lowest BCUT2D eigenvalue weighted by Gasteiger charge is -1.99. The molecule has 6 nitrogen and oxygen atoms in total. The van der Waals surface area contributed by atoms with E-state index in [0.717, 1.165) is 5.56 Å². The third-order valence-electron chi connectivity index (χ3n) is 2.19. The summed E-state index contributed by atoms with van der Waals surface area (Å²) in [5, 5.41) is 18.3. The van der Waals surface area contributed by atoms with Gasteiger partial charge in [-0.05, 0) is 24.6 Å². The maximum absolute atomic E-state index is 10.9. The van der Waals surface area contributed by atoms with E-state index in [1.54, 1.807) is 13.0 Å². The summed E-state index contributed by atoms with van der Waals surface area (Å²) in [6.07, 6.45) is 0.136. The van der Waals surface area contributed by atoms with Crippen LogP contribution >= 0.6 is 0 Å². The highest BCUT2D eigenvalue weighted by molar-refractivity contribution is 5.99. The largest absolute Gasteiger partial charge is 0.477 e. The Morgan fingerprint density at radius 1 is 1.31 bits per heavy atom. The van der Waals surface area contributed by atoms with Crippen LogP contribution in [-0.2, 0) is 0 Å². The molecule has 2 aromatic rings. The van der Waals surface area contributed by atoms with Gasteiger partial charge in [0.15, 0.2) is 0 Å². The molecule has 82 valence electrons. The monoisotopic (exact) mass is 220 g/mol. The number of carbonyl (C=O) groups is 2. The van der Waals surface area contributed by atoms with Crippen molar-refractivity contribution in [2.24, 2.45) is 0 Å². The van der Waals surface area contributed by atoms with E-state index >= 15 is 0 Å². The summed E-state index contributed by atoms with van der Waals surface area (Å²) in [4.78, 5) is 25.7. The van der Waals surface area contributed by atoms with Crippen LogP contribution in [0.1, 0.15) is 16.1 Å². The topological polar surface area (TPSA) is 92.4 Å². The van der Waals surface area contributed by atoms with Crippen LogP contribution in [0.2, 0.25) is 0 Å². The van der Waals surface area contributed by atoms with Gasteiger partial charge in [-0.1, -0.05) is 0 Å². The Hall–Kier alpha value is -2.37. The van der Waals surface area contributed by atoms with E-state index in [0.29, 0.717) is 9.95 Å². The zero-order chi connectivity index (χ0) is 11.9. The summed E-state index contributed by atoms with van der Waals surface area (Å²) in [5.41, 5.74) is 0.670. The first kappa shape index (κ1) is 10.2. The number of fused-ring (bicyclic) bond motifs is 1. The summed E-state index contributed by atoms with van der Waals surface area (Å²) >= 11 is 0. The minimum atomic E-state index is -1.36. The first-order valence-electron chi connectivity index (χ1n) is 4.45. The molecule has 0 bridgehead atoms. The molecular formula is C10H8N2O4. The Morgan fingerprint density at radius 3 is 2.56 bits per heavy atom. The van der Waals surface area contributed by atoms with Crippen LogP contribution in [0.3, 0.4) is 0 Å². The molecular weight excluding hydrogens is 212 g/mol. The molecule has 0 fully saturated rings. The first-order chi connectivity index (χ1) is 7.50. The first-order valence-corrected chi connectivity index (χ1v) is 4.45. The van der Waals surface area contributed by atoms with Crippen molar-refractivity contribution in [2.75, 3.05) is 0 Å². The molecule has 0 saturated carbocycles. The van der Waals surface area contributed by atoms with Gasteiger partial charge in [-0.15, -0.1) is 0 Å². The Balaban J connectivity index is 2.86. The van der Waals surface area contributed by atoms with E-state index in [1.165, 1.54) is 12.3 Å². The average molecular weight is 220 g/mol. The molecule has 6 heteroatoms. The molecule has 2 aromatic heterocycles. The molecule has 0 unspecified atom stereocenters. The molecule has 0 aliphatic carbocycles. The Bertz CT molecular complexity index is 600. The van der Waals surface area contributed by atoms with Gasteiger partial charge >= 0.3 is 12.1 Å². The van der Waals surface area contributed by atoms with E-state index in [9.17, 15) is 9.59 Å². The third kappa shape index (κ3) is 1.40. The van der Waals surface area contributed by atoms with Crippen LogP contribution in [0.5, 0.6) is 0 Å². The number of aromatic carboxylic acids is 1. The van der Waals surface area contributed by atoms with Gasteiger partial charge in [-0.2, -0.15) is 0 Å². The van der Waals surface area contributed by atoms with Gasteiger partial charge < -0.3 is 10.2 Å². The summed E-state index contributed by atoms with van der Waals surface area (Å²) in [6, 6.07) is 2.99. The Morgan fingerprint density at radius 2 is 2.00 bits per heavy atom. The second-order valence-electron chi connectivity index (χ2n) is 3.38. The van der Waals surface area contributed by atoms with E-state index in [-0.39, 0.29) is 11.3 Å². The zero-order valence-corrected chi connectivity index (χ0v) is 8.34. The fraction of sp³-hybridized carbons (Fsp3) is 0.100. The normalized spacial score (nSPS) is 10.6. The molecule has 0 atom stereocenters. The van der Waals surface area contributed by atoms with Gasteiger partial charge in [0.2, 0.25) is 0 Å². The number of rotatable bonds is 1. The van der Waals surface area contributed by atoms with Crippen molar-refractivity contribution in [3.8, 4) is 0 Å². The van der Waals surface area contributed by atoms with Crippen molar-refractivity contribution in [2.45, 2.75) is 6.92 Å². The number of pyridine rings is 1. The van der Waals surface area contributed by atoms with Gasteiger partial charge in [0.25, 0.3) is 0 Å². The van der Waals surface area contributed by atoms with Crippen molar-refractivity contribution < 1.29 is 19.8 Å². The number of carboxylic acids is 1. The van der Waals surface area contributed by atoms with Gasteiger partial charge in [-0.25, -0.2) is 19.1 Å². The number of nitrogens with zero attached hydrogens (tertiary/aromatic N) is 2. The molecule has 0 aliphatic heterocycles. The van der Waals surface area contributed by atoms with Crippen molar-refractivity contribution in [3.05, 3.63) is 29.6 Å². The fourth-order valence-electron chi connectivity index (χ4n) is 1.55. The van der Waals surface area contributed by atoms with Gasteiger partial charge in [0, 0.05) is 11.6 Å². The number of carboxylic acid groups (broad SMARTS) is 2. The fourth-order valence-corrected chi connectivity index (χ4v) is 1.55. The minimum Gasteiger partial charge on any atom is -0.477 e. The third-order valence-corrected chi connectivity index (χ3v) is 2.19. The van der Waals surface area contributed by atoms with Crippen molar-refractivity contribution >= 4 is 23.1 Å². The lowest BCUT2D eigenvalue weighted by Crippen LogP contribution is -2.15. The zero-order valence-electron chi connectivity index (χ0n) is 8.34.